The molecular weight excluding hydrogens is 228 g/mol. The van der Waals surface area contributed by atoms with Gasteiger partial charge >= 0.3 is 5.97 Å². The Morgan fingerprint density at radius 2 is 1.72 bits per heavy atom. The summed E-state index contributed by atoms with van der Waals surface area (Å²) < 4.78 is 10.8. The second kappa shape index (κ2) is 4.63. The van der Waals surface area contributed by atoms with Gasteiger partial charge in [-0.3, -0.25) is 0 Å². The van der Waals surface area contributed by atoms with Gasteiger partial charge in [0.1, 0.15) is 0 Å². The van der Waals surface area contributed by atoms with Crippen LogP contribution < -0.4 is 0 Å². The lowest BCUT2D eigenvalue weighted by molar-refractivity contribution is -0.111. The molecule has 0 saturated heterocycles. The summed E-state index contributed by atoms with van der Waals surface area (Å²) in [5.41, 5.74) is 2.45. The fourth-order valence-corrected chi connectivity index (χ4v) is 1.98. The van der Waals surface area contributed by atoms with Crippen LogP contribution in [0.1, 0.15) is 27.8 Å². The molecule has 0 radical (unpaired) electrons. The van der Waals surface area contributed by atoms with Crippen LogP contribution in [0.5, 0.6) is 0 Å². The largest absolute Gasteiger partial charge is 0.428 e. The van der Waals surface area contributed by atoms with E-state index < -0.39 is 6.29 Å². The molecule has 0 bridgehead atoms. The van der Waals surface area contributed by atoms with Crippen LogP contribution >= 0.6 is 0 Å². The van der Waals surface area contributed by atoms with Crippen LogP contribution in [0.15, 0.2) is 54.6 Å². The second-order valence-electron chi connectivity index (χ2n) is 4.12. The summed E-state index contributed by atoms with van der Waals surface area (Å²) in [4.78, 5) is 11.6. The van der Waals surface area contributed by atoms with E-state index in [-0.39, 0.29) is 5.97 Å². The van der Waals surface area contributed by atoms with Gasteiger partial charge in [-0.1, -0.05) is 48.5 Å². The maximum Gasteiger partial charge on any atom is 0.341 e. The number of rotatable bonds is 3. The Morgan fingerprint density at radius 1 is 1.00 bits per heavy atom. The molecule has 2 aromatic rings. The first-order valence-corrected chi connectivity index (χ1v) is 5.80. The lowest BCUT2D eigenvalue weighted by Gasteiger charge is -2.11. The number of esters is 1. The average molecular weight is 240 g/mol. The number of carbonyl (C=O) groups excluding carboxylic acids is 1. The number of carbonyl (C=O) groups is 1. The first kappa shape index (κ1) is 11.0. The number of benzene rings is 2. The monoisotopic (exact) mass is 240 g/mol. The summed E-state index contributed by atoms with van der Waals surface area (Å²) in [5, 5.41) is 0. The highest BCUT2D eigenvalue weighted by atomic mass is 16.7. The zero-order chi connectivity index (χ0) is 12.4. The topological polar surface area (TPSA) is 35.5 Å². The minimum atomic E-state index is -0.589. The highest BCUT2D eigenvalue weighted by Crippen LogP contribution is 2.31. The van der Waals surface area contributed by atoms with Gasteiger partial charge in [-0.15, -0.1) is 0 Å². The highest BCUT2D eigenvalue weighted by molar-refractivity contribution is 5.93. The Bertz CT molecular complexity index is 563. The van der Waals surface area contributed by atoms with E-state index in [1.807, 2.05) is 48.5 Å². The minimum absolute atomic E-state index is 0.316. The van der Waals surface area contributed by atoms with Crippen molar-refractivity contribution in [3.63, 3.8) is 0 Å². The van der Waals surface area contributed by atoms with Crippen LogP contribution in [0.3, 0.4) is 0 Å². The predicted octanol–water partition coefficient (Wildman–Crippen LogP) is 3.07. The van der Waals surface area contributed by atoms with E-state index in [0.717, 1.165) is 11.1 Å². The van der Waals surface area contributed by atoms with E-state index in [4.69, 9.17) is 9.47 Å². The van der Waals surface area contributed by atoms with Gasteiger partial charge in [-0.05, 0) is 11.6 Å². The van der Waals surface area contributed by atoms with Crippen molar-refractivity contribution in [1.29, 1.82) is 0 Å². The molecule has 3 nitrogen and oxygen atoms in total. The number of fused-ring (bicyclic) bond motifs is 1. The number of ether oxygens (including phenoxy) is 2. The molecule has 0 amide bonds. The maximum atomic E-state index is 11.6. The number of hydrogen-bond acceptors (Lipinski definition) is 3. The molecule has 1 aliphatic heterocycles. The molecule has 1 aliphatic rings. The Morgan fingerprint density at radius 3 is 2.56 bits per heavy atom. The lowest BCUT2D eigenvalue weighted by atomic mass is 10.1. The third-order valence-electron chi connectivity index (χ3n) is 2.89. The molecule has 1 atom stereocenters. The Balaban J connectivity index is 1.74. The van der Waals surface area contributed by atoms with E-state index in [1.54, 1.807) is 6.07 Å². The summed E-state index contributed by atoms with van der Waals surface area (Å²) in [6, 6.07) is 17.1. The third-order valence-corrected chi connectivity index (χ3v) is 2.89. The van der Waals surface area contributed by atoms with E-state index in [0.29, 0.717) is 12.2 Å². The molecule has 1 unspecified atom stereocenters. The minimum Gasteiger partial charge on any atom is -0.428 e. The van der Waals surface area contributed by atoms with Crippen molar-refractivity contribution in [2.45, 2.75) is 12.9 Å². The molecular formula is C15H12O3. The molecule has 0 N–H and O–H groups in total. The Kier molecular flexibility index (Phi) is 2.82. The molecule has 0 saturated carbocycles. The van der Waals surface area contributed by atoms with Crippen molar-refractivity contribution < 1.29 is 14.3 Å². The number of hydrogen-bond donors (Lipinski definition) is 0. The predicted molar refractivity (Wildman–Crippen MR) is 65.8 cm³/mol. The van der Waals surface area contributed by atoms with Gasteiger partial charge in [0, 0.05) is 5.56 Å². The molecule has 3 heteroatoms. The summed E-state index contributed by atoms with van der Waals surface area (Å²) in [7, 11) is 0. The van der Waals surface area contributed by atoms with Gasteiger partial charge in [0.15, 0.2) is 0 Å². The molecule has 0 aromatic heterocycles. The van der Waals surface area contributed by atoms with Crippen molar-refractivity contribution in [2.24, 2.45) is 0 Å². The van der Waals surface area contributed by atoms with Crippen LogP contribution in [-0.4, -0.2) is 5.97 Å². The molecule has 1 heterocycles. The van der Waals surface area contributed by atoms with Crippen LogP contribution in [0, 0.1) is 0 Å². The zero-order valence-corrected chi connectivity index (χ0v) is 9.71. The van der Waals surface area contributed by atoms with Gasteiger partial charge in [-0.25, -0.2) is 4.79 Å². The second-order valence-corrected chi connectivity index (χ2v) is 4.12. The van der Waals surface area contributed by atoms with Crippen LogP contribution in [0.4, 0.5) is 0 Å². The standard InChI is InChI=1S/C15H12O3/c16-14-12-8-4-5-9-13(12)15(18-14)17-10-11-6-2-1-3-7-11/h1-9,15H,10H2. The Hall–Kier alpha value is -2.13. The quantitative estimate of drug-likeness (QED) is 0.773. The smallest absolute Gasteiger partial charge is 0.341 e. The van der Waals surface area contributed by atoms with Gasteiger partial charge in [0.05, 0.1) is 12.2 Å². The fraction of sp³-hybridized carbons (Fsp3) is 0.133. The molecule has 0 aliphatic carbocycles. The summed E-state index contributed by atoms with van der Waals surface area (Å²) in [5.74, 6) is -0.316. The van der Waals surface area contributed by atoms with E-state index in [2.05, 4.69) is 0 Å². The van der Waals surface area contributed by atoms with Crippen molar-refractivity contribution in [3.8, 4) is 0 Å². The molecule has 0 fully saturated rings. The zero-order valence-electron chi connectivity index (χ0n) is 9.71. The van der Waals surface area contributed by atoms with Gasteiger partial charge in [-0.2, -0.15) is 0 Å². The van der Waals surface area contributed by atoms with Crippen LogP contribution in [0.2, 0.25) is 0 Å². The van der Waals surface area contributed by atoms with Gasteiger partial charge in [0.2, 0.25) is 6.29 Å². The van der Waals surface area contributed by atoms with Crippen molar-refractivity contribution >= 4 is 5.97 Å². The van der Waals surface area contributed by atoms with E-state index in [9.17, 15) is 4.79 Å². The molecule has 2 aromatic carbocycles. The molecule has 90 valence electrons. The van der Waals surface area contributed by atoms with Gasteiger partial charge in [0.25, 0.3) is 0 Å². The number of cyclic esters (lactones) is 1. The third kappa shape index (κ3) is 2.00. The summed E-state index contributed by atoms with van der Waals surface area (Å²) in [6.45, 7) is 0.424. The molecule has 0 spiro atoms. The van der Waals surface area contributed by atoms with Crippen LogP contribution in [-0.2, 0) is 16.1 Å². The summed E-state index contributed by atoms with van der Waals surface area (Å²) in [6.07, 6.45) is -0.589. The lowest BCUT2D eigenvalue weighted by Crippen LogP contribution is -2.04. The Labute approximate surface area is 105 Å². The first-order chi connectivity index (χ1) is 8.84. The average Bonchev–Trinajstić information content (AvgIpc) is 2.75. The van der Waals surface area contributed by atoms with Crippen molar-refractivity contribution in [3.05, 3.63) is 71.3 Å². The first-order valence-electron chi connectivity index (χ1n) is 5.80. The van der Waals surface area contributed by atoms with Crippen molar-refractivity contribution in [2.75, 3.05) is 0 Å². The maximum absolute atomic E-state index is 11.6. The summed E-state index contributed by atoms with van der Waals surface area (Å²) >= 11 is 0. The normalized spacial score (nSPS) is 17.3. The van der Waals surface area contributed by atoms with E-state index >= 15 is 0 Å². The molecule has 3 rings (SSSR count). The highest BCUT2D eigenvalue weighted by Gasteiger charge is 2.30. The molecule has 18 heavy (non-hydrogen) atoms. The van der Waals surface area contributed by atoms with E-state index in [1.165, 1.54) is 0 Å². The fourth-order valence-electron chi connectivity index (χ4n) is 1.98. The van der Waals surface area contributed by atoms with Crippen molar-refractivity contribution in [1.82, 2.24) is 0 Å². The van der Waals surface area contributed by atoms with Crippen LogP contribution in [0.25, 0.3) is 0 Å². The SMILES string of the molecule is O=C1OC(OCc2ccccc2)c2ccccc21. The van der Waals surface area contributed by atoms with Gasteiger partial charge < -0.3 is 9.47 Å².